The number of aryl methyl sites for hydroxylation is 1. The first-order valence-electron chi connectivity index (χ1n) is 15.2. The van der Waals surface area contributed by atoms with Crippen LogP contribution in [0.15, 0.2) is 42.5 Å². The molecule has 0 saturated carbocycles. The summed E-state index contributed by atoms with van der Waals surface area (Å²) in [6, 6.07) is 12.6. The average Bonchev–Trinajstić information content (AvgIpc) is 3.69. The van der Waals surface area contributed by atoms with Gasteiger partial charge in [0.25, 0.3) is 0 Å². The van der Waals surface area contributed by atoms with Crippen LogP contribution in [0.3, 0.4) is 0 Å². The number of rotatable bonds is 11. The van der Waals surface area contributed by atoms with Crippen molar-refractivity contribution in [1.29, 1.82) is 0 Å². The molecule has 5 aromatic rings. The van der Waals surface area contributed by atoms with Gasteiger partial charge in [-0.05, 0) is 69.4 Å². The second-order valence-electron chi connectivity index (χ2n) is 10.9. The first-order chi connectivity index (χ1) is 22.9. The van der Waals surface area contributed by atoms with E-state index in [1.54, 1.807) is 23.5 Å². The Labute approximate surface area is 279 Å². The maximum Gasteiger partial charge on any atom is 0.355 e. The second-order valence-corrected chi connectivity index (χ2v) is 13.0. The summed E-state index contributed by atoms with van der Waals surface area (Å²) in [5.74, 6) is 8.37. The van der Waals surface area contributed by atoms with Gasteiger partial charge in [-0.1, -0.05) is 35.3 Å². The number of aromatic nitrogens is 4. The highest BCUT2D eigenvalue weighted by Gasteiger charge is 2.28. The zero-order valence-corrected chi connectivity index (χ0v) is 27.3. The van der Waals surface area contributed by atoms with Crippen molar-refractivity contribution in [3.8, 4) is 29.9 Å². The number of aromatic carboxylic acids is 1. The van der Waals surface area contributed by atoms with E-state index in [-0.39, 0.29) is 18.1 Å². The summed E-state index contributed by atoms with van der Waals surface area (Å²) in [5.41, 5.74) is 3.51. The predicted molar refractivity (Wildman–Crippen MR) is 184 cm³/mol. The van der Waals surface area contributed by atoms with Gasteiger partial charge in [0.05, 0.1) is 16.8 Å². The number of nitrogens with one attached hydrogen (secondary N) is 1. The van der Waals surface area contributed by atoms with Crippen molar-refractivity contribution in [2.24, 2.45) is 0 Å². The number of carboxylic acids is 1. The van der Waals surface area contributed by atoms with Gasteiger partial charge < -0.3 is 20.1 Å². The molecule has 238 valence electrons. The number of ether oxygens (including phenoxy) is 1. The molecule has 0 amide bonds. The lowest BCUT2D eigenvalue weighted by Gasteiger charge is -2.28. The van der Waals surface area contributed by atoms with E-state index in [1.165, 1.54) is 17.4 Å². The fourth-order valence-corrected chi connectivity index (χ4v) is 7.24. The number of terminal acetylenes is 1. The van der Waals surface area contributed by atoms with Gasteiger partial charge in [0.1, 0.15) is 0 Å². The molecule has 0 atom stereocenters. The highest BCUT2D eigenvalue weighted by molar-refractivity contribution is 7.22. The summed E-state index contributed by atoms with van der Waals surface area (Å²) in [6.07, 6.45) is 9.94. The monoisotopic (exact) mass is 666 g/mol. The molecular formula is C35H31FN6O3S2. The van der Waals surface area contributed by atoms with Gasteiger partial charge >= 0.3 is 5.97 Å². The molecule has 12 heteroatoms. The number of carboxylic acid groups (broad SMARTS) is 1. The third-order valence-corrected chi connectivity index (χ3v) is 9.71. The molecule has 4 heterocycles. The van der Waals surface area contributed by atoms with Crippen LogP contribution in [0.1, 0.15) is 64.2 Å². The van der Waals surface area contributed by atoms with Gasteiger partial charge in [0.15, 0.2) is 39.2 Å². The molecule has 0 aliphatic carbocycles. The van der Waals surface area contributed by atoms with Gasteiger partial charge in [0.2, 0.25) is 0 Å². The van der Waals surface area contributed by atoms with E-state index in [0.29, 0.717) is 59.4 Å². The Kier molecular flexibility index (Phi) is 9.91. The van der Waals surface area contributed by atoms with E-state index in [1.807, 2.05) is 36.1 Å². The number of carbonyl (C=O) groups is 1. The lowest BCUT2D eigenvalue weighted by molar-refractivity contribution is 0.0690. The highest BCUT2D eigenvalue weighted by Crippen LogP contribution is 2.39. The molecule has 1 aliphatic heterocycles. The minimum atomic E-state index is -1.10. The number of fused-ring (bicyclic) bond motifs is 2. The average molecular weight is 667 g/mol. The number of unbranched alkanes of at least 4 members (excludes halogenated alkanes) is 2. The Hall–Kier alpha value is -5.04. The Morgan fingerprint density at radius 3 is 2.83 bits per heavy atom. The third-order valence-electron chi connectivity index (χ3n) is 7.62. The number of hydrogen-bond acceptors (Lipinski definition) is 10. The van der Waals surface area contributed by atoms with Gasteiger partial charge in [-0.3, -0.25) is 0 Å². The number of nitrogens with zero attached hydrogens (tertiary/aromatic N) is 5. The van der Waals surface area contributed by atoms with E-state index in [9.17, 15) is 14.3 Å². The van der Waals surface area contributed by atoms with Crippen LogP contribution in [0.4, 0.5) is 26.3 Å². The SMILES string of the molecule is C#CCCCC#Cc1ccc(OCCCc2sc(N3CCCc4c3nnc(Nc3nc5ccccc5s3)c4C)nc2C(=O)O)c(F)c1. The van der Waals surface area contributed by atoms with E-state index >= 15 is 0 Å². The standard InChI is InChI=1S/C35H31FN6O3S2/c1-3-4-5-6-7-12-23-17-18-27(25(36)21-23)45-20-11-16-29-30(33(43)44)38-35(47-29)42-19-10-13-24-22(2)31(40-41-32(24)42)39-34-37-26-14-8-9-15-28(26)46-34/h1,8-9,14-15,17-18,21H,4-6,10-11,13,16,19-20H2,2H3,(H,43,44)(H,37,39,40). The quantitative estimate of drug-likeness (QED) is 0.108. The molecule has 47 heavy (non-hydrogen) atoms. The number of para-hydroxylation sites is 1. The normalized spacial score (nSPS) is 12.2. The number of hydrogen-bond donors (Lipinski definition) is 2. The lowest BCUT2D eigenvalue weighted by atomic mass is 10.0. The van der Waals surface area contributed by atoms with E-state index in [2.05, 4.69) is 43.2 Å². The van der Waals surface area contributed by atoms with Gasteiger partial charge in [-0.25, -0.2) is 19.2 Å². The van der Waals surface area contributed by atoms with Crippen LogP contribution in [0.25, 0.3) is 10.2 Å². The van der Waals surface area contributed by atoms with Crippen molar-refractivity contribution >= 4 is 60.8 Å². The number of anilines is 4. The molecule has 1 aliphatic rings. The fourth-order valence-electron chi connectivity index (χ4n) is 5.26. The minimum Gasteiger partial charge on any atom is -0.491 e. The first kappa shape index (κ1) is 31.9. The number of thiazole rings is 2. The fraction of sp³-hybridized carbons (Fsp3) is 0.286. The van der Waals surface area contributed by atoms with Gasteiger partial charge in [0, 0.05) is 41.0 Å². The summed E-state index contributed by atoms with van der Waals surface area (Å²) in [4.78, 5) is 23.9. The molecule has 6 rings (SSSR count). The van der Waals surface area contributed by atoms with Gasteiger partial charge in [-0.15, -0.1) is 33.9 Å². The topological polar surface area (TPSA) is 113 Å². The Balaban J connectivity index is 1.11. The molecule has 0 radical (unpaired) electrons. The van der Waals surface area contributed by atoms with Crippen molar-refractivity contribution in [2.75, 3.05) is 23.4 Å². The smallest absolute Gasteiger partial charge is 0.355 e. The Morgan fingerprint density at radius 2 is 2.02 bits per heavy atom. The van der Waals surface area contributed by atoms with Crippen molar-refractivity contribution in [2.45, 2.75) is 51.9 Å². The molecule has 0 saturated heterocycles. The molecule has 0 bridgehead atoms. The van der Waals surface area contributed by atoms with Crippen LogP contribution < -0.4 is 15.0 Å². The lowest BCUT2D eigenvalue weighted by Crippen LogP contribution is -2.27. The van der Waals surface area contributed by atoms with E-state index in [4.69, 9.17) is 11.2 Å². The summed E-state index contributed by atoms with van der Waals surface area (Å²) < 4.78 is 21.4. The molecule has 9 nitrogen and oxygen atoms in total. The predicted octanol–water partition coefficient (Wildman–Crippen LogP) is 7.68. The molecular weight excluding hydrogens is 636 g/mol. The molecule has 0 spiro atoms. The first-order valence-corrected chi connectivity index (χ1v) is 16.9. The van der Waals surface area contributed by atoms with Crippen molar-refractivity contribution in [3.63, 3.8) is 0 Å². The highest BCUT2D eigenvalue weighted by atomic mass is 32.1. The van der Waals surface area contributed by atoms with Gasteiger partial charge in [-0.2, -0.15) is 0 Å². The summed E-state index contributed by atoms with van der Waals surface area (Å²) in [5, 5.41) is 23.6. The number of halogens is 1. The zero-order chi connectivity index (χ0) is 32.8. The molecule has 3 aromatic heterocycles. The largest absolute Gasteiger partial charge is 0.491 e. The molecule has 0 unspecified atom stereocenters. The van der Waals surface area contributed by atoms with Crippen molar-refractivity contribution < 1.29 is 19.0 Å². The van der Waals surface area contributed by atoms with E-state index in [0.717, 1.165) is 45.7 Å². The van der Waals surface area contributed by atoms with Crippen LogP contribution in [0, 0.1) is 36.9 Å². The maximum atomic E-state index is 14.6. The van der Waals surface area contributed by atoms with Crippen molar-refractivity contribution in [1.82, 2.24) is 20.2 Å². The Bertz CT molecular complexity index is 2010. The van der Waals surface area contributed by atoms with Crippen LogP contribution in [0.2, 0.25) is 0 Å². The van der Waals surface area contributed by atoms with Crippen LogP contribution >= 0.6 is 22.7 Å². The summed E-state index contributed by atoms with van der Waals surface area (Å²) >= 11 is 2.88. The second kappa shape index (κ2) is 14.6. The molecule has 2 N–H and O–H groups in total. The Morgan fingerprint density at radius 1 is 1.15 bits per heavy atom. The van der Waals surface area contributed by atoms with Crippen molar-refractivity contribution in [3.05, 3.63) is 75.5 Å². The molecule has 2 aromatic carbocycles. The summed E-state index contributed by atoms with van der Waals surface area (Å²) in [7, 11) is 0. The summed E-state index contributed by atoms with van der Waals surface area (Å²) in [6.45, 7) is 2.86. The number of benzene rings is 2. The van der Waals surface area contributed by atoms with Crippen LogP contribution in [-0.2, 0) is 12.8 Å². The third kappa shape index (κ3) is 7.35. The van der Waals surface area contributed by atoms with Crippen LogP contribution in [-0.4, -0.2) is 44.4 Å². The van der Waals surface area contributed by atoms with E-state index < -0.39 is 11.8 Å². The van der Waals surface area contributed by atoms with Crippen LogP contribution in [0.5, 0.6) is 5.75 Å². The maximum absolute atomic E-state index is 14.6. The molecule has 0 fully saturated rings. The zero-order valence-electron chi connectivity index (χ0n) is 25.7. The minimum absolute atomic E-state index is 0.00674.